The Morgan fingerprint density at radius 1 is 1.27 bits per heavy atom. The molecule has 0 aromatic rings. The minimum atomic E-state index is -1.61. The Hall–Kier alpha value is -2.49. The van der Waals surface area contributed by atoms with Crippen LogP contribution in [0.5, 0.6) is 0 Å². The molecule has 0 aromatic heterocycles. The molecule has 8 atom stereocenters. The minimum Gasteiger partial charge on any atom is -0.466 e. The molecule has 0 aromatic carbocycles. The third-order valence-electron chi connectivity index (χ3n) is 6.34. The second-order valence-corrected chi connectivity index (χ2v) is 8.30. The summed E-state index contributed by atoms with van der Waals surface area (Å²) in [5.41, 5.74) is -2.04. The van der Waals surface area contributed by atoms with Crippen molar-refractivity contribution in [3.05, 3.63) is 36.0 Å². The van der Waals surface area contributed by atoms with Crippen molar-refractivity contribution >= 4 is 17.9 Å². The molecule has 1 N–H and O–H groups in total. The van der Waals surface area contributed by atoms with Gasteiger partial charge in [0, 0.05) is 5.57 Å². The minimum absolute atomic E-state index is 0.0263. The van der Waals surface area contributed by atoms with Crippen molar-refractivity contribution in [2.75, 3.05) is 7.11 Å². The smallest absolute Gasteiger partial charge is 0.341 e. The molecule has 9 heteroatoms. The third-order valence-corrected chi connectivity index (χ3v) is 6.34. The van der Waals surface area contributed by atoms with E-state index in [1.807, 2.05) is 0 Å². The fourth-order valence-electron chi connectivity index (χ4n) is 4.06. The summed E-state index contributed by atoms with van der Waals surface area (Å²) in [6, 6.07) is 0. The third kappa shape index (κ3) is 3.08. The van der Waals surface area contributed by atoms with E-state index >= 15 is 0 Å². The number of rotatable bonds is 3. The van der Waals surface area contributed by atoms with Gasteiger partial charge in [0.25, 0.3) is 0 Å². The maximum atomic E-state index is 12.8. The Bertz CT molecular complexity index is 889. The number of allylic oxidation sites excluding steroid dienone is 2. The summed E-state index contributed by atoms with van der Waals surface area (Å²) in [5, 5.41) is 11.1. The molecule has 0 bridgehead atoms. The summed E-state index contributed by atoms with van der Waals surface area (Å²) in [5.74, 6) is -3.13. The maximum Gasteiger partial charge on any atom is 0.341 e. The maximum absolute atomic E-state index is 12.8. The number of aliphatic hydroxyl groups excluding tert-OH is 1. The van der Waals surface area contributed by atoms with Crippen LogP contribution in [0.1, 0.15) is 20.8 Å². The molecule has 3 aliphatic heterocycles. The number of ether oxygens (including phenoxy) is 5. The molecule has 4 aliphatic rings. The predicted octanol–water partition coefficient (Wildman–Crippen LogP) is 0.361. The van der Waals surface area contributed by atoms with E-state index in [-0.39, 0.29) is 17.3 Å². The molecule has 162 valence electrons. The molecule has 4 rings (SSSR count). The normalized spacial score (nSPS) is 47.0. The van der Waals surface area contributed by atoms with Gasteiger partial charge in [0.05, 0.1) is 24.7 Å². The molecule has 0 spiro atoms. The van der Waals surface area contributed by atoms with E-state index < -0.39 is 59.4 Å². The highest BCUT2D eigenvalue weighted by Crippen LogP contribution is 2.49. The summed E-state index contributed by atoms with van der Waals surface area (Å²) < 4.78 is 27.0. The van der Waals surface area contributed by atoms with E-state index in [0.717, 1.165) is 0 Å². The Labute approximate surface area is 173 Å². The van der Waals surface area contributed by atoms with Crippen LogP contribution in [-0.2, 0) is 38.1 Å². The average molecular weight is 420 g/mol. The van der Waals surface area contributed by atoms with Crippen LogP contribution in [0.3, 0.4) is 0 Å². The van der Waals surface area contributed by atoms with Crippen molar-refractivity contribution in [1.82, 2.24) is 0 Å². The van der Waals surface area contributed by atoms with Crippen LogP contribution >= 0.6 is 0 Å². The first kappa shape index (κ1) is 20.8. The zero-order valence-electron chi connectivity index (χ0n) is 17.1. The van der Waals surface area contributed by atoms with Crippen LogP contribution in [0.2, 0.25) is 0 Å². The van der Waals surface area contributed by atoms with E-state index in [2.05, 4.69) is 6.58 Å². The van der Waals surface area contributed by atoms with Crippen molar-refractivity contribution in [3.8, 4) is 0 Å². The molecule has 30 heavy (non-hydrogen) atoms. The molecule has 0 saturated carbocycles. The van der Waals surface area contributed by atoms with Gasteiger partial charge in [-0.2, -0.15) is 0 Å². The van der Waals surface area contributed by atoms with Gasteiger partial charge >= 0.3 is 17.9 Å². The van der Waals surface area contributed by atoms with Crippen molar-refractivity contribution < 1.29 is 43.2 Å². The number of epoxide rings is 2. The lowest BCUT2D eigenvalue weighted by atomic mass is 9.81. The van der Waals surface area contributed by atoms with Gasteiger partial charge < -0.3 is 28.8 Å². The Morgan fingerprint density at radius 2 is 1.93 bits per heavy atom. The van der Waals surface area contributed by atoms with E-state index in [1.54, 1.807) is 32.9 Å². The largest absolute Gasteiger partial charge is 0.466 e. The number of aliphatic hydroxyl groups is 1. The molecule has 0 unspecified atom stereocenters. The van der Waals surface area contributed by atoms with Crippen molar-refractivity contribution in [2.45, 2.75) is 62.5 Å². The van der Waals surface area contributed by atoms with Crippen LogP contribution in [0.25, 0.3) is 0 Å². The monoisotopic (exact) mass is 420 g/mol. The molecule has 3 saturated heterocycles. The highest BCUT2D eigenvalue weighted by atomic mass is 16.7. The lowest BCUT2D eigenvalue weighted by Crippen LogP contribution is -2.47. The Morgan fingerprint density at radius 3 is 2.53 bits per heavy atom. The Balaban J connectivity index is 1.77. The molecule has 0 radical (unpaired) electrons. The quantitative estimate of drug-likeness (QED) is 0.298. The second kappa shape index (κ2) is 6.76. The molecular weight excluding hydrogens is 396 g/mol. The van der Waals surface area contributed by atoms with Gasteiger partial charge in [-0.25, -0.2) is 14.4 Å². The molecule has 9 nitrogen and oxygen atoms in total. The van der Waals surface area contributed by atoms with Gasteiger partial charge in [0.2, 0.25) is 0 Å². The van der Waals surface area contributed by atoms with Gasteiger partial charge in [-0.15, -0.1) is 0 Å². The number of methoxy groups -OCH3 is 1. The van der Waals surface area contributed by atoms with Crippen molar-refractivity contribution in [3.63, 3.8) is 0 Å². The SMILES string of the molecule is C=C1C(=O)O[C@H]2[C@H]1[C@H](OC(=O)[C@@]1(C)O[C@@H]1C)[C@@H](O)/C(C(=O)OC)=C/C=C\[C@@]1(C)O[C@H]21. The lowest BCUT2D eigenvalue weighted by molar-refractivity contribution is -0.166. The summed E-state index contributed by atoms with van der Waals surface area (Å²) in [6.07, 6.45) is -0.0640. The highest BCUT2D eigenvalue weighted by molar-refractivity contribution is 5.93. The number of esters is 3. The van der Waals surface area contributed by atoms with Gasteiger partial charge in [-0.05, 0) is 26.8 Å². The molecule has 3 heterocycles. The number of hydrogen-bond donors (Lipinski definition) is 1. The van der Waals surface area contributed by atoms with Crippen LogP contribution in [0, 0.1) is 5.92 Å². The number of carbonyl (C=O) groups is 3. The first-order valence-electron chi connectivity index (χ1n) is 9.66. The number of hydrogen-bond acceptors (Lipinski definition) is 9. The van der Waals surface area contributed by atoms with Gasteiger partial charge in [0.1, 0.15) is 30.0 Å². The van der Waals surface area contributed by atoms with Crippen molar-refractivity contribution in [2.24, 2.45) is 5.92 Å². The summed E-state index contributed by atoms with van der Waals surface area (Å²) in [4.78, 5) is 37.5. The van der Waals surface area contributed by atoms with Gasteiger partial charge in [-0.1, -0.05) is 18.7 Å². The first-order chi connectivity index (χ1) is 14.0. The molecule has 1 aliphatic carbocycles. The van der Waals surface area contributed by atoms with Crippen LogP contribution in [-0.4, -0.2) is 71.8 Å². The molecular formula is C21H24O9. The number of fused-ring (bicyclic) bond motifs is 3. The average Bonchev–Trinajstić information content (AvgIpc) is 3.52. The van der Waals surface area contributed by atoms with E-state index in [1.165, 1.54) is 13.2 Å². The fourth-order valence-corrected chi connectivity index (χ4v) is 4.06. The van der Waals surface area contributed by atoms with Gasteiger partial charge in [-0.3, -0.25) is 0 Å². The van der Waals surface area contributed by atoms with Crippen LogP contribution in [0.4, 0.5) is 0 Å². The zero-order chi connectivity index (χ0) is 22.0. The predicted molar refractivity (Wildman–Crippen MR) is 99.9 cm³/mol. The standard InChI is InChI=1S/C21H24O9/c1-9-12-14(28-19(25)21(4)10(2)29-21)13(22)11(18(24)26-5)7-6-8-20(3)16(30-20)15(12)27-17(9)23/h6-8,10,12-16,22H,1H2,2-5H3/b8-6-,11-7-/t10-,12-,13+,14+,15+,16-,20-,21+/m1/s1. The molecule has 0 amide bonds. The first-order valence-corrected chi connectivity index (χ1v) is 9.66. The van der Waals surface area contributed by atoms with Crippen LogP contribution in [0.15, 0.2) is 36.0 Å². The summed E-state index contributed by atoms with van der Waals surface area (Å²) in [6.45, 7) is 8.85. The highest BCUT2D eigenvalue weighted by Gasteiger charge is 2.65. The summed E-state index contributed by atoms with van der Waals surface area (Å²) >= 11 is 0. The van der Waals surface area contributed by atoms with E-state index in [4.69, 9.17) is 23.7 Å². The number of carbonyl (C=O) groups excluding carboxylic acids is 3. The van der Waals surface area contributed by atoms with E-state index in [9.17, 15) is 19.5 Å². The van der Waals surface area contributed by atoms with E-state index in [0.29, 0.717) is 0 Å². The molecule has 3 fully saturated rings. The van der Waals surface area contributed by atoms with Crippen molar-refractivity contribution in [1.29, 1.82) is 0 Å². The topological polar surface area (TPSA) is 124 Å². The second-order valence-electron chi connectivity index (χ2n) is 8.30. The Kier molecular flexibility index (Phi) is 4.68. The summed E-state index contributed by atoms with van der Waals surface area (Å²) in [7, 11) is 1.17. The van der Waals surface area contributed by atoms with Crippen LogP contribution < -0.4 is 0 Å². The zero-order valence-corrected chi connectivity index (χ0v) is 17.1. The van der Waals surface area contributed by atoms with Gasteiger partial charge in [0.15, 0.2) is 5.60 Å². The lowest BCUT2D eigenvalue weighted by Gasteiger charge is -2.31. The fraction of sp³-hybridized carbons (Fsp3) is 0.571.